The van der Waals surface area contributed by atoms with Crippen LogP contribution >= 0.6 is 0 Å². The van der Waals surface area contributed by atoms with Gasteiger partial charge >= 0.3 is 0 Å². The number of hydrogen-bond donors (Lipinski definition) is 1. The Hall–Kier alpha value is -1.74. The fraction of sp³-hybridized carbons (Fsp3) is 0.333. The molecule has 0 bridgehead atoms. The lowest BCUT2D eigenvalue weighted by atomic mass is 10.2. The normalized spacial score (nSPS) is 10.6. The van der Waals surface area contributed by atoms with Crippen LogP contribution in [0.5, 0.6) is 0 Å². The summed E-state index contributed by atoms with van der Waals surface area (Å²) in [5.41, 5.74) is 2.48. The number of anilines is 1. The molecule has 0 unspecified atom stereocenters. The Balaban J connectivity index is 2.04. The van der Waals surface area contributed by atoms with Gasteiger partial charge in [-0.05, 0) is 43.8 Å². The molecule has 0 saturated heterocycles. The first kappa shape index (κ1) is 12.7. The standard InChI is InChI=1S/C15H20N2O/c1-12-5-4-6-13(9-12)17(3)11-15-8-7-14(18-15)10-16-2/h4-9,16H,10-11H2,1-3H3. The maximum atomic E-state index is 5.74. The Labute approximate surface area is 108 Å². The second kappa shape index (κ2) is 5.74. The predicted octanol–water partition coefficient (Wildman–Crippen LogP) is 2.94. The van der Waals surface area contributed by atoms with Crippen LogP contribution in [0.2, 0.25) is 0 Å². The second-order valence-electron chi connectivity index (χ2n) is 4.59. The molecule has 1 heterocycles. The summed E-state index contributed by atoms with van der Waals surface area (Å²) in [6.07, 6.45) is 0. The highest BCUT2D eigenvalue weighted by Crippen LogP contribution is 2.18. The highest BCUT2D eigenvalue weighted by Gasteiger charge is 2.06. The Kier molecular flexibility index (Phi) is 4.05. The Morgan fingerprint density at radius 3 is 2.67 bits per heavy atom. The van der Waals surface area contributed by atoms with Gasteiger partial charge < -0.3 is 14.6 Å². The van der Waals surface area contributed by atoms with Gasteiger partial charge in [0.15, 0.2) is 0 Å². The van der Waals surface area contributed by atoms with Crippen LogP contribution in [0.25, 0.3) is 0 Å². The molecule has 0 aliphatic carbocycles. The van der Waals surface area contributed by atoms with E-state index in [4.69, 9.17) is 4.42 Å². The van der Waals surface area contributed by atoms with Crippen molar-refractivity contribution < 1.29 is 4.42 Å². The average molecular weight is 244 g/mol. The largest absolute Gasteiger partial charge is 0.463 e. The SMILES string of the molecule is CNCc1ccc(CN(C)c2cccc(C)c2)o1. The van der Waals surface area contributed by atoms with E-state index in [1.807, 2.05) is 19.2 Å². The van der Waals surface area contributed by atoms with E-state index in [-0.39, 0.29) is 0 Å². The highest BCUT2D eigenvalue weighted by atomic mass is 16.3. The van der Waals surface area contributed by atoms with Crippen molar-refractivity contribution in [2.24, 2.45) is 0 Å². The van der Waals surface area contributed by atoms with Gasteiger partial charge in [-0.15, -0.1) is 0 Å². The maximum Gasteiger partial charge on any atom is 0.123 e. The van der Waals surface area contributed by atoms with Gasteiger partial charge in [0.2, 0.25) is 0 Å². The summed E-state index contributed by atoms with van der Waals surface area (Å²) in [7, 11) is 4.00. The summed E-state index contributed by atoms with van der Waals surface area (Å²) in [6, 6.07) is 12.5. The number of furan rings is 1. The second-order valence-corrected chi connectivity index (χ2v) is 4.59. The van der Waals surface area contributed by atoms with E-state index < -0.39 is 0 Å². The van der Waals surface area contributed by atoms with Crippen molar-refractivity contribution in [3.63, 3.8) is 0 Å². The van der Waals surface area contributed by atoms with E-state index >= 15 is 0 Å². The van der Waals surface area contributed by atoms with E-state index in [1.165, 1.54) is 11.3 Å². The quantitative estimate of drug-likeness (QED) is 0.876. The molecule has 0 radical (unpaired) electrons. The minimum atomic E-state index is 0.772. The predicted molar refractivity (Wildman–Crippen MR) is 74.8 cm³/mol. The molecule has 3 heteroatoms. The van der Waals surface area contributed by atoms with Crippen LogP contribution < -0.4 is 10.2 Å². The minimum Gasteiger partial charge on any atom is -0.463 e. The lowest BCUT2D eigenvalue weighted by molar-refractivity contribution is 0.453. The zero-order valence-electron chi connectivity index (χ0n) is 11.2. The van der Waals surface area contributed by atoms with Crippen molar-refractivity contribution >= 4 is 5.69 Å². The summed E-state index contributed by atoms with van der Waals surface area (Å²) < 4.78 is 5.74. The van der Waals surface area contributed by atoms with Crippen molar-refractivity contribution in [1.82, 2.24) is 5.32 Å². The van der Waals surface area contributed by atoms with Crippen LogP contribution in [0, 0.1) is 6.92 Å². The molecule has 3 nitrogen and oxygen atoms in total. The van der Waals surface area contributed by atoms with Crippen molar-refractivity contribution in [2.75, 3.05) is 19.0 Å². The summed E-state index contributed by atoms with van der Waals surface area (Å²) >= 11 is 0. The first-order valence-corrected chi connectivity index (χ1v) is 6.19. The topological polar surface area (TPSA) is 28.4 Å². The molecule has 0 atom stereocenters. The Morgan fingerprint density at radius 1 is 1.17 bits per heavy atom. The zero-order valence-corrected chi connectivity index (χ0v) is 11.2. The number of nitrogens with one attached hydrogen (secondary N) is 1. The molecule has 1 aromatic heterocycles. The summed E-state index contributed by atoms with van der Waals surface area (Å²) in [6.45, 7) is 3.66. The van der Waals surface area contributed by atoms with Crippen molar-refractivity contribution in [3.8, 4) is 0 Å². The van der Waals surface area contributed by atoms with E-state index in [1.54, 1.807) is 0 Å². The molecule has 2 aromatic rings. The monoisotopic (exact) mass is 244 g/mol. The molecule has 0 aliphatic rings. The number of nitrogens with zero attached hydrogens (tertiary/aromatic N) is 1. The molecule has 0 fully saturated rings. The van der Waals surface area contributed by atoms with Gasteiger partial charge in [0.05, 0.1) is 13.1 Å². The van der Waals surface area contributed by atoms with Gasteiger partial charge in [-0.2, -0.15) is 0 Å². The van der Waals surface area contributed by atoms with E-state index in [9.17, 15) is 0 Å². The highest BCUT2D eigenvalue weighted by molar-refractivity contribution is 5.47. The fourth-order valence-electron chi connectivity index (χ4n) is 1.97. The Bertz CT molecular complexity index is 505. The van der Waals surface area contributed by atoms with E-state index in [0.717, 1.165) is 24.6 Å². The fourth-order valence-corrected chi connectivity index (χ4v) is 1.97. The summed E-state index contributed by atoms with van der Waals surface area (Å²) in [4.78, 5) is 2.19. The summed E-state index contributed by atoms with van der Waals surface area (Å²) in [5, 5.41) is 3.08. The van der Waals surface area contributed by atoms with Gasteiger partial charge in [0.1, 0.15) is 11.5 Å². The van der Waals surface area contributed by atoms with Crippen LogP contribution in [0.4, 0.5) is 5.69 Å². The minimum absolute atomic E-state index is 0.772. The van der Waals surface area contributed by atoms with E-state index in [2.05, 4.69) is 48.5 Å². The van der Waals surface area contributed by atoms with Crippen molar-refractivity contribution in [3.05, 3.63) is 53.5 Å². The van der Waals surface area contributed by atoms with Gasteiger partial charge in [0.25, 0.3) is 0 Å². The number of benzene rings is 1. The molecule has 0 saturated carbocycles. The van der Waals surface area contributed by atoms with Gasteiger partial charge in [-0.3, -0.25) is 0 Å². The number of aryl methyl sites for hydroxylation is 1. The van der Waals surface area contributed by atoms with Gasteiger partial charge in [-0.1, -0.05) is 12.1 Å². The van der Waals surface area contributed by atoms with Crippen LogP contribution in [-0.2, 0) is 13.1 Å². The molecular weight excluding hydrogens is 224 g/mol. The van der Waals surface area contributed by atoms with E-state index in [0.29, 0.717) is 0 Å². The van der Waals surface area contributed by atoms with Crippen molar-refractivity contribution in [1.29, 1.82) is 0 Å². The third-order valence-electron chi connectivity index (χ3n) is 2.90. The molecule has 96 valence electrons. The third kappa shape index (κ3) is 3.14. The molecule has 0 amide bonds. The Morgan fingerprint density at radius 2 is 1.94 bits per heavy atom. The molecule has 1 N–H and O–H groups in total. The van der Waals surface area contributed by atoms with Gasteiger partial charge in [0, 0.05) is 12.7 Å². The molecule has 0 spiro atoms. The van der Waals surface area contributed by atoms with Crippen LogP contribution in [0.3, 0.4) is 0 Å². The molecule has 18 heavy (non-hydrogen) atoms. The number of hydrogen-bond acceptors (Lipinski definition) is 3. The zero-order chi connectivity index (χ0) is 13.0. The number of rotatable bonds is 5. The third-order valence-corrected chi connectivity index (χ3v) is 2.90. The smallest absolute Gasteiger partial charge is 0.123 e. The lowest BCUT2D eigenvalue weighted by Gasteiger charge is -2.18. The first-order valence-electron chi connectivity index (χ1n) is 6.19. The molecule has 0 aliphatic heterocycles. The lowest BCUT2D eigenvalue weighted by Crippen LogP contribution is -2.15. The van der Waals surface area contributed by atoms with Crippen LogP contribution in [-0.4, -0.2) is 14.1 Å². The summed E-state index contributed by atoms with van der Waals surface area (Å²) in [5.74, 6) is 1.97. The maximum absolute atomic E-state index is 5.74. The van der Waals surface area contributed by atoms with Crippen LogP contribution in [0.15, 0.2) is 40.8 Å². The average Bonchev–Trinajstić information content (AvgIpc) is 2.77. The molecule has 2 rings (SSSR count). The molecular formula is C15H20N2O. The molecule has 1 aromatic carbocycles. The van der Waals surface area contributed by atoms with Crippen LogP contribution in [0.1, 0.15) is 17.1 Å². The van der Waals surface area contributed by atoms with Crippen molar-refractivity contribution in [2.45, 2.75) is 20.0 Å². The first-order chi connectivity index (χ1) is 8.69. The van der Waals surface area contributed by atoms with Gasteiger partial charge in [-0.25, -0.2) is 0 Å².